The highest BCUT2D eigenvalue weighted by atomic mass is 19.1. The fraction of sp³-hybridized carbons (Fsp3) is 0.200. The van der Waals surface area contributed by atoms with E-state index in [1.165, 1.54) is 11.6 Å². The van der Waals surface area contributed by atoms with Gasteiger partial charge in [0, 0.05) is 6.54 Å². The molecule has 94 valence electrons. The maximum atomic E-state index is 13.7. The predicted molar refractivity (Wildman–Crippen MR) is 70.3 cm³/mol. The van der Waals surface area contributed by atoms with Crippen molar-refractivity contribution < 1.29 is 9.13 Å². The van der Waals surface area contributed by atoms with Gasteiger partial charge in [0.25, 0.3) is 0 Å². The maximum absolute atomic E-state index is 13.7. The Morgan fingerprint density at radius 1 is 1.06 bits per heavy atom. The molecule has 0 spiro atoms. The molecule has 18 heavy (non-hydrogen) atoms. The summed E-state index contributed by atoms with van der Waals surface area (Å²) in [4.78, 5) is 0. The van der Waals surface area contributed by atoms with Crippen molar-refractivity contribution in [2.24, 2.45) is 5.73 Å². The lowest BCUT2D eigenvalue weighted by Gasteiger charge is -2.09. The number of rotatable bonds is 3. The molecule has 2 rings (SSSR count). The molecule has 2 aromatic rings. The van der Waals surface area contributed by atoms with Crippen LogP contribution in [0.4, 0.5) is 4.39 Å². The molecule has 0 unspecified atom stereocenters. The van der Waals surface area contributed by atoms with Crippen LogP contribution in [0.1, 0.15) is 16.7 Å². The molecule has 0 saturated carbocycles. The number of nitrogens with two attached hydrogens (primary N) is 1. The second kappa shape index (κ2) is 5.19. The lowest BCUT2D eigenvalue weighted by atomic mass is 10.1. The number of hydrogen-bond donors (Lipinski definition) is 1. The second-order valence-electron chi connectivity index (χ2n) is 4.32. The van der Waals surface area contributed by atoms with Gasteiger partial charge in [-0.05, 0) is 54.8 Å². The van der Waals surface area contributed by atoms with Crippen molar-refractivity contribution in [2.75, 3.05) is 0 Å². The number of halogens is 1. The van der Waals surface area contributed by atoms with Gasteiger partial charge in [0.05, 0.1) is 0 Å². The first-order chi connectivity index (χ1) is 8.60. The van der Waals surface area contributed by atoms with Crippen LogP contribution in [0.15, 0.2) is 36.4 Å². The molecule has 2 N–H and O–H groups in total. The summed E-state index contributed by atoms with van der Waals surface area (Å²) >= 11 is 0. The fourth-order valence-corrected chi connectivity index (χ4v) is 1.66. The van der Waals surface area contributed by atoms with Crippen LogP contribution >= 0.6 is 0 Å². The zero-order chi connectivity index (χ0) is 13.1. The van der Waals surface area contributed by atoms with Crippen LogP contribution in [-0.4, -0.2) is 0 Å². The predicted octanol–water partition coefficient (Wildman–Crippen LogP) is 3.69. The Kier molecular flexibility index (Phi) is 3.63. The Morgan fingerprint density at radius 3 is 2.44 bits per heavy atom. The minimum absolute atomic E-state index is 0.218. The molecule has 0 fully saturated rings. The van der Waals surface area contributed by atoms with Gasteiger partial charge in [-0.3, -0.25) is 0 Å². The quantitative estimate of drug-likeness (QED) is 0.895. The summed E-state index contributed by atoms with van der Waals surface area (Å²) in [6, 6.07) is 10.4. The lowest BCUT2D eigenvalue weighted by molar-refractivity contribution is 0.441. The van der Waals surface area contributed by atoms with Crippen LogP contribution in [0.25, 0.3) is 0 Å². The zero-order valence-corrected chi connectivity index (χ0v) is 10.5. The minimum atomic E-state index is -0.392. The van der Waals surface area contributed by atoms with Crippen molar-refractivity contribution in [3.8, 4) is 11.5 Å². The molecule has 0 aromatic heterocycles. The Labute approximate surface area is 106 Å². The summed E-state index contributed by atoms with van der Waals surface area (Å²) in [6.07, 6.45) is 0. The molecule has 0 aliphatic heterocycles. The maximum Gasteiger partial charge on any atom is 0.166 e. The normalized spacial score (nSPS) is 10.4. The summed E-state index contributed by atoms with van der Waals surface area (Å²) in [5.74, 6) is 0.462. The first kappa shape index (κ1) is 12.6. The van der Waals surface area contributed by atoms with Gasteiger partial charge < -0.3 is 10.5 Å². The Bertz CT molecular complexity index is 566. The molecular formula is C15H16FNO. The summed E-state index contributed by atoms with van der Waals surface area (Å²) in [5, 5.41) is 0. The molecule has 0 aliphatic rings. The Morgan fingerprint density at radius 2 is 1.83 bits per heavy atom. The van der Waals surface area contributed by atoms with E-state index in [1.54, 1.807) is 12.1 Å². The van der Waals surface area contributed by atoms with E-state index in [0.717, 1.165) is 11.1 Å². The van der Waals surface area contributed by atoms with Crippen molar-refractivity contribution in [3.05, 3.63) is 58.9 Å². The van der Waals surface area contributed by atoms with Crippen LogP contribution in [0, 0.1) is 19.7 Å². The average molecular weight is 245 g/mol. The second-order valence-corrected chi connectivity index (χ2v) is 4.32. The summed E-state index contributed by atoms with van der Waals surface area (Å²) in [6.45, 7) is 4.34. The zero-order valence-electron chi connectivity index (χ0n) is 10.5. The van der Waals surface area contributed by atoms with Crippen molar-refractivity contribution in [1.29, 1.82) is 0 Å². The highest BCUT2D eigenvalue weighted by molar-refractivity contribution is 5.38. The van der Waals surface area contributed by atoms with Crippen LogP contribution < -0.4 is 10.5 Å². The van der Waals surface area contributed by atoms with Gasteiger partial charge in [0.15, 0.2) is 11.6 Å². The largest absolute Gasteiger partial charge is 0.454 e. The van der Waals surface area contributed by atoms with E-state index in [1.807, 2.05) is 32.0 Å². The van der Waals surface area contributed by atoms with Gasteiger partial charge in [0.1, 0.15) is 5.75 Å². The highest BCUT2D eigenvalue weighted by Gasteiger charge is 2.06. The third kappa shape index (κ3) is 2.68. The van der Waals surface area contributed by atoms with Crippen molar-refractivity contribution in [1.82, 2.24) is 0 Å². The minimum Gasteiger partial charge on any atom is -0.454 e. The van der Waals surface area contributed by atoms with E-state index in [4.69, 9.17) is 10.5 Å². The smallest absolute Gasteiger partial charge is 0.166 e. The number of ether oxygens (including phenoxy) is 1. The molecule has 0 saturated heterocycles. The SMILES string of the molecule is Cc1ccc(Oc2ccc(CN)cc2F)cc1C. The topological polar surface area (TPSA) is 35.2 Å². The van der Waals surface area contributed by atoms with Gasteiger partial charge in [-0.15, -0.1) is 0 Å². The van der Waals surface area contributed by atoms with Gasteiger partial charge in [0.2, 0.25) is 0 Å². The molecule has 0 bridgehead atoms. The van der Waals surface area contributed by atoms with Crippen LogP contribution in [0.2, 0.25) is 0 Å². The third-order valence-corrected chi connectivity index (χ3v) is 2.94. The van der Waals surface area contributed by atoms with E-state index in [0.29, 0.717) is 12.3 Å². The van der Waals surface area contributed by atoms with Crippen molar-refractivity contribution in [3.63, 3.8) is 0 Å². The van der Waals surface area contributed by atoms with Crippen molar-refractivity contribution >= 4 is 0 Å². The average Bonchev–Trinajstić information content (AvgIpc) is 2.36. The highest BCUT2D eigenvalue weighted by Crippen LogP contribution is 2.26. The molecule has 2 nitrogen and oxygen atoms in total. The third-order valence-electron chi connectivity index (χ3n) is 2.94. The van der Waals surface area contributed by atoms with Gasteiger partial charge >= 0.3 is 0 Å². The van der Waals surface area contributed by atoms with Crippen LogP contribution in [-0.2, 0) is 6.54 Å². The first-order valence-corrected chi connectivity index (χ1v) is 5.84. The molecule has 0 aliphatic carbocycles. The van der Waals surface area contributed by atoms with E-state index in [2.05, 4.69) is 0 Å². The standard InChI is InChI=1S/C15H16FNO/c1-10-3-5-13(7-11(10)2)18-15-6-4-12(9-17)8-14(15)16/h3-8H,9,17H2,1-2H3. The molecule has 0 amide bonds. The summed E-state index contributed by atoms with van der Waals surface area (Å²) < 4.78 is 19.3. The Balaban J connectivity index is 2.25. The number of benzene rings is 2. The van der Waals surface area contributed by atoms with Gasteiger partial charge in [-0.1, -0.05) is 12.1 Å². The first-order valence-electron chi connectivity index (χ1n) is 5.84. The molecule has 3 heteroatoms. The summed E-state index contributed by atoms with van der Waals surface area (Å²) in [5.41, 5.74) is 8.50. The van der Waals surface area contributed by atoms with E-state index >= 15 is 0 Å². The lowest BCUT2D eigenvalue weighted by Crippen LogP contribution is -1.97. The van der Waals surface area contributed by atoms with E-state index in [-0.39, 0.29) is 5.75 Å². The fourth-order valence-electron chi connectivity index (χ4n) is 1.66. The monoisotopic (exact) mass is 245 g/mol. The van der Waals surface area contributed by atoms with Crippen molar-refractivity contribution in [2.45, 2.75) is 20.4 Å². The molecule has 0 heterocycles. The molecular weight excluding hydrogens is 229 g/mol. The molecule has 2 aromatic carbocycles. The van der Waals surface area contributed by atoms with Gasteiger partial charge in [-0.25, -0.2) is 4.39 Å². The van der Waals surface area contributed by atoms with Gasteiger partial charge in [-0.2, -0.15) is 0 Å². The number of hydrogen-bond acceptors (Lipinski definition) is 2. The Hall–Kier alpha value is -1.87. The van der Waals surface area contributed by atoms with Crippen LogP contribution in [0.3, 0.4) is 0 Å². The molecule has 0 radical (unpaired) electrons. The van der Waals surface area contributed by atoms with Crippen LogP contribution in [0.5, 0.6) is 11.5 Å². The van der Waals surface area contributed by atoms with E-state index < -0.39 is 5.82 Å². The molecule has 0 atom stereocenters. The number of aryl methyl sites for hydroxylation is 2. The summed E-state index contributed by atoms with van der Waals surface area (Å²) in [7, 11) is 0. The van der Waals surface area contributed by atoms with E-state index in [9.17, 15) is 4.39 Å².